The van der Waals surface area contributed by atoms with E-state index < -0.39 is 8.07 Å². The molecule has 2 heteroatoms. The summed E-state index contributed by atoms with van der Waals surface area (Å²) in [6.45, 7) is 7.77. The van der Waals surface area contributed by atoms with Crippen LogP contribution in [0.3, 0.4) is 0 Å². The smallest absolute Gasteiger partial charge is 0.129 e. The van der Waals surface area contributed by atoms with Gasteiger partial charge in [-0.25, -0.2) is 0 Å². The average Bonchev–Trinajstić information content (AvgIpc) is 2.02. The molecule has 0 spiro atoms. The van der Waals surface area contributed by atoms with Gasteiger partial charge in [-0.2, -0.15) is 0 Å². The molecule has 0 aliphatic carbocycles. The minimum atomic E-state index is -1.21. The van der Waals surface area contributed by atoms with Crippen molar-refractivity contribution in [3.63, 3.8) is 0 Å². The Labute approximate surface area is 82.1 Å². The number of likely N-dealkylation sites (N-methyl/N-ethyl adjacent to an activating group) is 1. The highest BCUT2D eigenvalue weighted by atomic mass is 28.3. The van der Waals surface area contributed by atoms with Crippen LogP contribution in [0.15, 0.2) is 23.9 Å². The van der Waals surface area contributed by atoms with Crippen LogP contribution in [-0.4, -0.2) is 26.6 Å². The van der Waals surface area contributed by atoms with Crippen LogP contribution < -0.4 is 0 Å². The molecule has 0 saturated heterocycles. The second-order valence-electron chi connectivity index (χ2n) is 4.41. The number of hydrogen-bond donors (Lipinski definition) is 0. The van der Waals surface area contributed by atoms with E-state index in [1.165, 1.54) is 5.57 Å². The molecule has 0 aromatic rings. The van der Waals surface area contributed by atoms with Gasteiger partial charge in [-0.1, -0.05) is 25.6 Å². The minimum Gasteiger partial charge on any atom is -0.377 e. The summed E-state index contributed by atoms with van der Waals surface area (Å²) in [5.41, 5.74) is 4.52. The van der Waals surface area contributed by atoms with Crippen molar-refractivity contribution in [1.82, 2.24) is 4.90 Å². The molecule has 1 nitrogen and oxygen atoms in total. The van der Waals surface area contributed by atoms with Crippen LogP contribution in [0.25, 0.3) is 0 Å². The van der Waals surface area contributed by atoms with Gasteiger partial charge in [0, 0.05) is 25.4 Å². The van der Waals surface area contributed by atoms with Crippen molar-refractivity contribution in [2.45, 2.75) is 19.6 Å². The second-order valence-corrected chi connectivity index (χ2v) is 9.16. The molecule has 1 aliphatic heterocycles. The highest BCUT2D eigenvalue weighted by Gasteiger charge is 2.07. The predicted molar refractivity (Wildman–Crippen MR) is 61.0 cm³/mol. The van der Waals surface area contributed by atoms with E-state index in [1.807, 2.05) is 0 Å². The quantitative estimate of drug-likeness (QED) is 0.419. The van der Waals surface area contributed by atoms with Crippen molar-refractivity contribution in [3.05, 3.63) is 23.9 Å². The van der Waals surface area contributed by atoms with Crippen LogP contribution in [0, 0.1) is 11.5 Å². The highest BCUT2D eigenvalue weighted by molar-refractivity contribution is 6.83. The fraction of sp³-hybridized carbons (Fsp3) is 0.455. The largest absolute Gasteiger partial charge is 0.377 e. The molecule has 70 valence electrons. The lowest BCUT2D eigenvalue weighted by molar-refractivity contribution is 0.503. The number of rotatable bonds is 0. The molecule has 1 rings (SSSR count). The van der Waals surface area contributed by atoms with Gasteiger partial charge in [0.1, 0.15) is 8.07 Å². The number of hydrogen-bond acceptors (Lipinski definition) is 1. The normalized spacial score (nSPS) is 16.3. The Morgan fingerprint density at radius 3 is 2.54 bits per heavy atom. The Balaban J connectivity index is 2.65. The van der Waals surface area contributed by atoms with Crippen molar-refractivity contribution < 1.29 is 0 Å². The average molecular weight is 191 g/mol. The summed E-state index contributed by atoms with van der Waals surface area (Å²) in [5.74, 6) is 3.24. The number of allylic oxidation sites excluding steroid dienone is 2. The van der Waals surface area contributed by atoms with E-state index >= 15 is 0 Å². The van der Waals surface area contributed by atoms with Gasteiger partial charge in [-0.3, -0.25) is 0 Å². The minimum absolute atomic E-state index is 0.978. The van der Waals surface area contributed by atoms with Crippen LogP contribution in [0.4, 0.5) is 0 Å². The lowest BCUT2D eigenvalue weighted by Crippen LogP contribution is -2.17. The monoisotopic (exact) mass is 191 g/mol. The molecule has 13 heavy (non-hydrogen) atoms. The van der Waals surface area contributed by atoms with Crippen molar-refractivity contribution >= 4 is 8.07 Å². The van der Waals surface area contributed by atoms with Gasteiger partial charge in [0.15, 0.2) is 0 Å². The SMILES string of the molecule is CN1C=CC(C#C[Si](C)(C)C)=CC1. The third kappa shape index (κ3) is 4.00. The first kappa shape index (κ1) is 10.1. The third-order valence-electron chi connectivity index (χ3n) is 1.69. The summed E-state index contributed by atoms with van der Waals surface area (Å²) in [5, 5.41) is 0. The molecule has 0 amide bonds. The van der Waals surface area contributed by atoms with Gasteiger partial charge in [-0.15, -0.1) is 5.54 Å². The molecule has 0 atom stereocenters. The lowest BCUT2D eigenvalue weighted by Gasteiger charge is -2.14. The summed E-state index contributed by atoms with van der Waals surface area (Å²) in [4.78, 5) is 2.14. The molecule has 0 unspecified atom stereocenters. The standard InChI is InChI=1S/C11H17NSi/c1-12-8-5-11(6-9-12)7-10-13(2,3)4/h5-6,8H,9H2,1-4H3. The molecule has 0 aromatic carbocycles. The van der Waals surface area contributed by atoms with Crippen molar-refractivity contribution in [2.75, 3.05) is 13.6 Å². The zero-order valence-electron chi connectivity index (χ0n) is 8.89. The lowest BCUT2D eigenvalue weighted by atomic mass is 10.2. The first-order valence-corrected chi connectivity index (χ1v) is 8.09. The first-order chi connectivity index (χ1) is 5.97. The molecule has 0 fully saturated rings. The molecule has 1 aliphatic rings. The van der Waals surface area contributed by atoms with E-state index in [-0.39, 0.29) is 0 Å². The molecule has 0 N–H and O–H groups in total. The van der Waals surface area contributed by atoms with Crippen LogP contribution >= 0.6 is 0 Å². The first-order valence-electron chi connectivity index (χ1n) is 4.59. The topological polar surface area (TPSA) is 3.24 Å². The Hall–Kier alpha value is -0.943. The van der Waals surface area contributed by atoms with E-state index in [9.17, 15) is 0 Å². The number of nitrogens with zero attached hydrogens (tertiary/aromatic N) is 1. The van der Waals surface area contributed by atoms with Gasteiger partial charge in [0.25, 0.3) is 0 Å². The summed E-state index contributed by atoms with van der Waals surface area (Å²) in [6.07, 6.45) is 6.33. The van der Waals surface area contributed by atoms with Gasteiger partial charge >= 0.3 is 0 Å². The molecule has 0 aromatic heterocycles. The van der Waals surface area contributed by atoms with E-state index in [0.29, 0.717) is 0 Å². The maximum atomic E-state index is 3.36. The zero-order valence-corrected chi connectivity index (χ0v) is 9.89. The fourth-order valence-corrected chi connectivity index (χ4v) is 1.45. The van der Waals surface area contributed by atoms with Crippen LogP contribution in [0.2, 0.25) is 19.6 Å². The maximum absolute atomic E-state index is 3.36. The van der Waals surface area contributed by atoms with Crippen LogP contribution in [0.1, 0.15) is 0 Å². The van der Waals surface area contributed by atoms with Crippen molar-refractivity contribution in [2.24, 2.45) is 0 Å². The molecule has 1 heterocycles. The third-order valence-corrected chi connectivity index (χ3v) is 2.56. The van der Waals surface area contributed by atoms with E-state index in [1.54, 1.807) is 0 Å². The summed E-state index contributed by atoms with van der Waals surface area (Å²) in [7, 11) is 0.858. The summed E-state index contributed by atoms with van der Waals surface area (Å²) >= 11 is 0. The van der Waals surface area contributed by atoms with E-state index in [2.05, 4.69) is 61.4 Å². The Kier molecular flexibility index (Phi) is 3.00. The molecule has 0 radical (unpaired) electrons. The zero-order chi connectivity index (χ0) is 9.90. The van der Waals surface area contributed by atoms with Gasteiger partial charge < -0.3 is 4.90 Å². The molecular weight excluding hydrogens is 174 g/mol. The second kappa shape index (κ2) is 3.84. The predicted octanol–water partition coefficient (Wildman–Crippen LogP) is 2.25. The molecular formula is C11H17NSi. The van der Waals surface area contributed by atoms with E-state index in [4.69, 9.17) is 0 Å². The van der Waals surface area contributed by atoms with Gasteiger partial charge in [-0.05, 0) is 12.2 Å². The summed E-state index contributed by atoms with van der Waals surface area (Å²) in [6, 6.07) is 0. The van der Waals surface area contributed by atoms with Crippen LogP contribution in [0.5, 0.6) is 0 Å². The van der Waals surface area contributed by atoms with E-state index in [0.717, 1.165) is 6.54 Å². The van der Waals surface area contributed by atoms with Crippen LogP contribution in [-0.2, 0) is 0 Å². The van der Waals surface area contributed by atoms with Gasteiger partial charge in [0.2, 0.25) is 0 Å². The fourth-order valence-electron chi connectivity index (χ4n) is 0.931. The summed E-state index contributed by atoms with van der Waals surface area (Å²) < 4.78 is 0. The maximum Gasteiger partial charge on any atom is 0.129 e. The Morgan fingerprint density at radius 2 is 2.08 bits per heavy atom. The Morgan fingerprint density at radius 1 is 1.38 bits per heavy atom. The highest BCUT2D eigenvalue weighted by Crippen LogP contribution is 2.05. The molecule has 0 bridgehead atoms. The molecule has 0 saturated carbocycles. The van der Waals surface area contributed by atoms with Crippen molar-refractivity contribution in [3.8, 4) is 11.5 Å². The van der Waals surface area contributed by atoms with Crippen molar-refractivity contribution in [1.29, 1.82) is 0 Å². The van der Waals surface area contributed by atoms with Gasteiger partial charge in [0.05, 0.1) is 0 Å². The Bertz CT molecular complexity index is 296.